The van der Waals surface area contributed by atoms with Crippen LogP contribution in [0.4, 0.5) is 0 Å². The number of hydrogen-bond acceptors (Lipinski definition) is 15. The van der Waals surface area contributed by atoms with Crippen LogP contribution in [-0.4, -0.2) is 96.5 Å². The Labute approximate surface area is 244 Å². The van der Waals surface area contributed by atoms with Crippen molar-refractivity contribution in [2.24, 2.45) is 16.1 Å². The lowest BCUT2D eigenvalue weighted by molar-refractivity contribution is -0.202. The molecule has 10 atom stereocenters. The van der Waals surface area contributed by atoms with Crippen LogP contribution in [0, 0.1) is 5.92 Å². The Morgan fingerprint density at radius 2 is 1.07 bits per heavy atom. The van der Waals surface area contributed by atoms with Crippen LogP contribution in [0.25, 0.3) is 20.9 Å². The van der Waals surface area contributed by atoms with Crippen LogP contribution in [-0.2, 0) is 57.1 Å². The van der Waals surface area contributed by atoms with Crippen molar-refractivity contribution < 1.29 is 57.1 Å². The molecule has 2 rings (SSSR count). The van der Waals surface area contributed by atoms with Crippen molar-refractivity contribution in [3.05, 3.63) is 20.9 Å². The molecule has 0 aromatic heterocycles. The summed E-state index contributed by atoms with van der Waals surface area (Å²) in [5.74, 6) is -4.23. The summed E-state index contributed by atoms with van der Waals surface area (Å²) >= 11 is 0.927. The molecule has 0 bridgehead atoms. The fourth-order valence-electron chi connectivity index (χ4n) is 4.43. The number of azide groups is 2. The van der Waals surface area contributed by atoms with Gasteiger partial charge < -0.3 is 33.2 Å². The lowest BCUT2D eigenvalue weighted by Crippen LogP contribution is -2.61. The summed E-state index contributed by atoms with van der Waals surface area (Å²) < 4.78 is 38.6. The molecule has 0 radical (unpaired) electrons. The maximum Gasteiger partial charge on any atom is 0.303 e. The highest BCUT2D eigenvalue weighted by Gasteiger charge is 2.53. The van der Waals surface area contributed by atoms with Crippen LogP contribution in [0.1, 0.15) is 41.5 Å². The third-order valence-electron chi connectivity index (χ3n) is 6.04. The van der Waals surface area contributed by atoms with E-state index in [1.807, 2.05) is 0 Å². The zero-order chi connectivity index (χ0) is 31.6. The Hall–Kier alpha value is -3.76. The highest BCUT2D eigenvalue weighted by atomic mass is 32.2. The Balaban J connectivity index is 2.53. The van der Waals surface area contributed by atoms with E-state index in [4.69, 9.17) is 33.2 Å². The van der Waals surface area contributed by atoms with Crippen LogP contribution in [0.2, 0.25) is 0 Å². The minimum atomic E-state index is -1.34. The Bertz CT molecular complexity index is 1130. The van der Waals surface area contributed by atoms with E-state index < -0.39 is 95.8 Å². The van der Waals surface area contributed by atoms with Crippen LogP contribution in [0.3, 0.4) is 0 Å². The van der Waals surface area contributed by atoms with Gasteiger partial charge in [-0.05, 0) is 11.1 Å². The van der Waals surface area contributed by atoms with Crippen molar-refractivity contribution >= 4 is 41.6 Å². The summed E-state index contributed by atoms with van der Waals surface area (Å²) in [4.78, 5) is 64.6. The van der Waals surface area contributed by atoms with Crippen molar-refractivity contribution in [3.8, 4) is 0 Å². The van der Waals surface area contributed by atoms with Gasteiger partial charge in [-0.25, -0.2) is 0 Å². The minimum absolute atomic E-state index is 0.363. The second-order valence-electron chi connectivity index (χ2n) is 9.30. The number of esters is 5. The van der Waals surface area contributed by atoms with Crippen molar-refractivity contribution in [1.82, 2.24) is 0 Å². The summed E-state index contributed by atoms with van der Waals surface area (Å²) in [6.07, 6.45) is -6.04. The number of rotatable bonds is 11. The van der Waals surface area contributed by atoms with Crippen molar-refractivity contribution in [1.29, 1.82) is 0 Å². The zero-order valence-corrected chi connectivity index (χ0v) is 24.5. The number of carbonyl (C=O) groups excluding carboxylic acids is 5. The summed E-state index contributed by atoms with van der Waals surface area (Å²) in [6.45, 7) is 6.55. The smallest absolute Gasteiger partial charge is 0.303 e. The highest BCUT2D eigenvalue weighted by molar-refractivity contribution is 8.00. The first-order valence-corrected chi connectivity index (χ1v) is 13.6. The fraction of sp³-hybridized carbons (Fsp3) is 0.783. The topological polar surface area (TPSA) is 247 Å². The average molecular weight is 617 g/mol. The van der Waals surface area contributed by atoms with Crippen molar-refractivity contribution in [2.75, 3.05) is 13.2 Å². The quantitative estimate of drug-likeness (QED) is 0.106. The maximum atomic E-state index is 12.1. The molecule has 232 valence electrons. The predicted molar refractivity (Wildman–Crippen MR) is 140 cm³/mol. The van der Waals surface area contributed by atoms with Crippen LogP contribution >= 0.6 is 11.8 Å². The first-order valence-electron chi connectivity index (χ1n) is 12.6. The molecule has 0 aromatic rings. The van der Waals surface area contributed by atoms with Crippen LogP contribution in [0.15, 0.2) is 10.2 Å². The Kier molecular flexibility index (Phi) is 13.1. The van der Waals surface area contributed by atoms with Gasteiger partial charge >= 0.3 is 29.8 Å². The summed E-state index contributed by atoms with van der Waals surface area (Å²) in [7, 11) is 0. The van der Waals surface area contributed by atoms with Gasteiger partial charge in [0.25, 0.3) is 0 Å². The van der Waals surface area contributed by atoms with Gasteiger partial charge in [0, 0.05) is 50.4 Å². The molecule has 18 nitrogen and oxygen atoms in total. The average Bonchev–Trinajstić information content (AvgIpc) is 2.88. The molecule has 0 amide bonds. The molecular weight excluding hydrogens is 584 g/mol. The van der Waals surface area contributed by atoms with Crippen molar-refractivity contribution in [2.45, 2.75) is 95.0 Å². The maximum absolute atomic E-state index is 12.1. The fourth-order valence-corrected chi connectivity index (χ4v) is 5.88. The number of carbonyl (C=O) groups is 5. The highest BCUT2D eigenvalue weighted by Crippen LogP contribution is 2.42. The van der Waals surface area contributed by atoms with Gasteiger partial charge in [-0.2, -0.15) is 0 Å². The molecule has 2 aliphatic rings. The molecule has 19 heteroatoms. The van der Waals surface area contributed by atoms with Gasteiger partial charge in [-0.3, -0.25) is 24.0 Å². The van der Waals surface area contributed by atoms with E-state index in [1.54, 1.807) is 6.92 Å². The number of ether oxygens (including phenoxy) is 7. The Morgan fingerprint density at radius 3 is 1.50 bits per heavy atom. The molecule has 2 fully saturated rings. The van der Waals surface area contributed by atoms with Crippen molar-refractivity contribution in [3.63, 3.8) is 0 Å². The molecule has 42 heavy (non-hydrogen) atoms. The van der Waals surface area contributed by atoms with E-state index in [0.29, 0.717) is 0 Å². The van der Waals surface area contributed by atoms with Crippen LogP contribution < -0.4 is 0 Å². The third kappa shape index (κ3) is 9.66. The van der Waals surface area contributed by atoms with E-state index in [1.165, 1.54) is 6.92 Å². The minimum Gasteiger partial charge on any atom is -0.463 e. The van der Waals surface area contributed by atoms with Gasteiger partial charge in [0.05, 0.1) is 6.04 Å². The second-order valence-corrected chi connectivity index (χ2v) is 10.5. The largest absolute Gasteiger partial charge is 0.463 e. The Morgan fingerprint density at radius 1 is 0.667 bits per heavy atom. The molecule has 0 saturated carbocycles. The molecule has 2 saturated heterocycles. The monoisotopic (exact) mass is 616 g/mol. The standard InChI is InChI=1S/C23H32N6O12S/c1-9-17(26-28-24)19(37-12(4)32)15(7-35-10(2)30)40-22(9)42-23-21(39-14(6)34)18(27-29-25)20(38-13(5)33)16(41-23)8-36-11(3)31/h9,15-23H,7-8H2,1-6H3/t9-,15-,16?,17?,18+,19?,20+,21?,22?,23+/m1/s1. The third-order valence-corrected chi connectivity index (χ3v) is 7.50. The van der Waals surface area contributed by atoms with E-state index >= 15 is 0 Å². The van der Waals surface area contributed by atoms with Crippen LogP contribution in [0.5, 0.6) is 0 Å². The summed E-state index contributed by atoms with van der Waals surface area (Å²) in [5.41, 5.74) is 16.4. The zero-order valence-electron chi connectivity index (χ0n) is 23.7. The van der Waals surface area contributed by atoms with Gasteiger partial charge in [-0.1, -0.05) is 28.9 Å². The molecule has 0 spiro atoms. The number of nitrogens with zero attached hydrogens (tertiary/aromatic N) is 6. The van der Waals surface area contributed by atoms with Gasteiger partial charge in [-0.15, -0.1) is 0 Å². The lowest BCUT2D eigenvalue weighted by Gasteiger charge is -2.47. The predicted octanol–water partition coefficient (Wildman–Crippen LogP) is 2.08. The van der Waals surface area contributed by atoms with Gasteiger partial charge in [0.1, 0.15) is 60.6 Å². The molecule has 2 aliphatic heterocycles. The lowest BCUT2D eigenvalue weighted by atomic mass is 9.91. The second kappa shape index (κ2) is 16.0. The number of hydrogen-bond donors (Lipinski definition) is 0. The number of thioether (sulfide) groups is 1. The van der Waals surface area contributed by atoms with E-state index in [-0.39, 0.29) is 6.61 Å². The van der Waals surface area contributed by atoms with Gasteiger partial charge in [0.2, 0.25) is 0 Å². The molecule has 0 aliphatic carbocycles. The molecule has 5 unspecified atom stereocenters. The SMILES string of the molecule is CC(=O)OCC1O[C@@H](SC2O[C@H](COC(C)=O)C(OC(C)=O)C(N=[N+]=[N-])[C@H]2C)C(OC(C)=O)[C@@H](N=[N+]=[N-])[C@H]1OC(C)=O. The summed E-state index contributed by atoms with van der Waals surface area (Å²) in [6, 6.07) is -2.33. The van der Waals surface area contributed by atoms with Gasteiger partial charge in [0.15, 0.2) is 0 Å². The molecule has 0 N–H and O–H groups in total. The summed E-state index contributed by atoms with van der Waals surface area (Å²) in [5, 5.41) is 7.52. The molecule has 0 aromatic carbocycles. The molecule has 2 heterocycles. The molecular formula is C23H32N6O12S. The van der Waals surface area contributed by atoms with E-state index in [2.05, 4.69) is 20.1 Å². The van der Waals surface area contributed by atoms with E-state index in [0.717, 1.165) is 39.5 Å². The van der Waals surface area contributed by atoms with E-state index in [9.17, 15) is 35.0 Å². The first kappa shape index (κ1) is 34.4. The first-order chi connectivity index (χ1) is 19.8. The normalized spacial score (nSPS) is 32.1.